The van der Waals surface area contributed by atoms with Gasteiger partial charge in [0.1, 0.15) is 5.75 Å². The van der Waals surface area contributed by atoms with Crippen molar-refractivity contribution in [2.24, 2.45) is 0 Å². The molecule has 1 atom stereocenters. The highest BCUT2D eigenvalue weighted by molar-refractivity contribution is 6.35. The number of halogens is 4. The molecule has 2 aromatic carbocycles. The van der Waals surface area contributed by atoms with Gasteiger partial charge < -0.3 is 20.1 Å². The fourth-order valence-electron chi connectivity index (χ4n) is 2.07. The van der Waals surface area contributed by atoms with Gasteiger partial charge in [0.25, 0.3) is 5.91 Å². The van der Waals surface area contributed by atoms with Crippen LogP contribution in [0.25, 0.3) is 0 Å². The minimum absolute atomic E-state index is 0.0198. The first-order valence-corrected chi connectivity index (χ1v) is 9.21. The molecule has 7 nitrogen and oxygen atoms in total. The van der Waals surface area contributed by atoms with Crippen LogP contribution in [0.1, 0.15) is 6.92 Å². The molecule has 0 fully saturated rings. The number of ether oxygens (including phenoxy) is 2. The Morgan fingerprint density at radius 2 is 1.77 bits per heavy atom. The minimum atomic E-state index is -1.13. The number of hydrogen-bond acceptors (Lipinski definition) is 5. The van der Waals surface area contributed by atoms with E-state index >= 15 is 0 Å². The van der Waals surface area contributed by atoms with Crippen LogP contribution in [0, 0.1) is 11.6 Å². The first-order valence-electron chi connectivity index (χ1n) is 8.45. The largest absolute Gasteiger partial charge is 0.477 e. The summed E-state index contributed by atoms with van der Waals surface area (Å²) in [5.74, 6) is -4.24. The van der Waals surface area contributed by atoms with E-state index in [0.29, 0.717) is 5.02 Å². The number of carbonyl (C=O) groups is 3. The van der Waals surface area contributed by atoms with E-state index in [1.807, 2.05) is 0 Å². The summed E-state index contributed by atoms with van der Waals surface area (Å²) in [7, 11) is 0. The monoisotopic (exact) mass is 460 g/mol. The summed E-state index contributed by atoms with van der Waals surface area (Å²) in [6.07, 6.45) is -1.06. The Balaban J connectivity index is 1.73. The van der Waals surface area contributed by atoms with Gasteiger partial charge in [0.05, 0.1) is 11.6 Å². The number of rotatable bonds is 8. The zero-order valence-corrected chi connectivity index (χ0v) is 17.0. The summed E-state index contributed by atoms with van der Waals surface area (Å²) in [5.41, 5.74) is 0.0198. The van der Waals surface area contributed by atoms with Crippen molar-refractivity contribution in [3.05, 3.63) is 58.1 Å². The van der Waals surface area contributed by atoms with Crippen LogP contribution in [-0.2, 0) is 19.1 Å². The Morgan fingerprint density at radius 1 is 1.03 bits per heavy atom. The predicted octanol–water partition coefficient (Wildman–Crippen LogP) is 3.34. The average Bonchev–Trinajstić information content (AvgIpc) is 2.69. The van der Waals surface area contributed by atoms with E-state index < -0.39 is 48.7 Å². The van der Waals surface area contributed by atoms with Crippen molar-refractivity contribution in [1.29, 1.82) is 0 Å². The van der Waals surface area contributed by atoms with Crippen LogP contribution in [0.5, 0.6) is 5.75 Å². The molecule has 11 heteroatoms. The van der Waals surface area contributed by atoms with E-state index in [2.05, 4.69) is 10.6 Å². The second-order valence-corrected chi connectivity index (χ2v) is 6.74. The SMILES string of the molecule is CC(Oc1ccc(Cl)cc1Cl)C(=O)OCC(=O)NCC(=O)Nc1ccc(F)c(F)c1. The summed E-state index contributed by atoms with van der Waals surface area (Å²) < 4.78 is 36.1. The van der Waals surface area contributed by atoms with Crippen LogP contribution in [0.2, 0.25) is 10.0 Å². The number of hydrogen-bond donors (Lipinski definition) is 2. The summed E-state index contributed by atoms with van der Waals surface area (Å²) >= 11 is 11.7. The molecule has 30 heavy (non-hydrogen) atoms. The number of amides is 2. The topological polar surface area (TPSA) is 93.7 Å². The van der Waals surface area contributed by atoms with E-state index in [-0.39, 0.29) is 16.5 Å². The van der Waals surface area contributed by atoms with Crippen LogP contribution in [0.15, 0.2) is 36.4 Å². The maximum absolute atomic E-state index is 13.1. The third-order valence-electron chi connectivity index (χ3n) is 3.52. The van der Waals surface area contributed by atoms with Gasteiger partial charge in [-0.1, -0.05) is 23.2 Å². The standard InChI is InChI=1S/C19H16Cl2F2N2O5/c1-10(30-16-5-2-11(20)6-13(16)21)19(28)29-9-18(27)24-8-17(26)25-12-3-4-14(22)15(23)7-12/h2-7,10H,8-9H2,1H3,(H,24,27)(H,25,26). The Hall–Kier alpha value is -2.91. The molecule has 2 N–H and O–H groups in total. The first-order chi connectivity index (χ1) is 14.2. The molecule has 0 aliphatic carbocycles. The lowest BCUT2D eigenvalue weighted by atomic mass is 10.3. The van der Waals surface area contributed by atoms with Gasteiger partial charge in [-0.05, 0) is 37.3 Å². The number of nitrogens with one attached hydrogen (secondary N) is 2. The van der Waals surface area contributed by atoms with Gasteiger partial charge in [0.15, 0.2) is 24.3 Å². The molecule has 0 saturated carbocycles. The normalized spacial score (nSPS) is 11.4. The predicted molar refractivity (Wildman–Crippen MR) is 106 cm³/mol. The quantitative estimate of drug-likeness (QED) is 0.589. The first kappa shape index (κ1) is 23.4. The highest BCUT2D eigenvalue weighted by Crippen LogP contribution is 2.28. The van der Waals surface area contributed by atoms with Crippen molar-refractivity contribution in [3.63, 3.8) is 0 Å². The molecule has 0 aromatic heterocycles. The van der Waals surface area contributed by atoms with Crippen LogP contribution in [0.4, 0.5) is 14.5 Å². The summed E-state index contributed by atoms with van der Waals surface area (Å²) in [6, 6.07) is 7.25. The molecule has 160 valence electrons. The lowest BCUT2D eigenvalue weighted by Gasteiger charge is -2.15. The van der Waals surface area contributed by atoms with Gasteiger partial charge in [-0.25, -0.2) is 13.6 Å². The fourth-order valence-corrected chi connectivity index (χ4v) is 2.53. The smallest absolute Gasteiger partial charge is 0.347 e. The van der Waals surface area contributed by atoms with E-state index in [4.69, 9.17) is 32.7 Å². The maximum atomic E-state index is 13.1. The highest BCUT2D eigenvalue weighted by atomic mass is 35.5. The van der Waals surface area contributed by atoms with Crippen molar-refractivity contribution in [3.8, 4) is 5.75 Å². The molecule has 0 bridgehead atoms. The van der Waals surface area contributed by atoms with Gasteiger partial charge >= 0.3 is 5.97 Å². The van der Waals surface area contributed by atoms with E-state index in [9.17, 15) is 23.2 Å². The molecule has 2 aromatic rings. The molecule has 0 aliphatic heterocycles. The fraction of sp³-hybridized carbons (Fsp3) is 0.211. The van der Waals surface area contributed by atoms with Crippen molar-refractivity contribution in [2.45, 2.75) is 13.0 Å². The lowest BCUT2D eigenvalue weighted by molar-refractivity contribution is -0.154. The molecule has 0 aliphatic rings. The zero-order valence-electron chi connectivity index (χ0n) is 15.5. The Labute approximate surface area is 180 Å². The minimum Gasteiger partial charge on any atom is -0.477 e. The van der Waals surface area contributed by atoms with Gasteiger partial charge in [-0.3, -0.25) is 9.59 Å². The van der Waals surface area contributed by atoms with Gasteiger partial charge in [0, 0.05) is 16.8 Å². The molecular formula is C19H16Cl2F2N2O5. The molecule has 0 saturated heterocycles. The van der Waals surface area contributed by atoms with Crippen LogP contribution < -0.4 is 15.4 Å². The van der Waals surface area contributed by atoms with Gasteiger partial charge in [0.2, 0.25) is 5.91 Å². The Morgan fingerprint density at radius 3 is 2.43 bits per heavy atom. The third-order valence-corrected chi connectivity index (χ3v) is 4.06. The average molecular weight is 461 g/mol. The maximum Gasteiger partial charge on any atom is 0.347 e. The molecule has 2 amide bonds. The van der Waals surface area contributed by atoms with E-state index in [1.165, 1.54) is 25.1 Å². The molecule has 0 radical (unpaired) electrons. The molecule has 2 rings (SSSR count). The molecule has 0 heterocycles. The van der Waals surface area contributed by atoms with E-state index in [1.54, 1.807) is 0 Å². The number of carbonyl (C=O) groups excluding carboxylic acids is 3. The van der Waals surface area contributed by atoms with E-state index in [0.717, 1.165) is 18.2 Å². The van der Waals surface area contributed by atoms with Gasteiger partial charge in [-0.2, -0.15) is 0 Å². The van der Waals surface area contributed by atoms with Gasteiger partial charge in [-0.15, -0.1) is 0 Å². The molecular weight excluding hydrogens is 445 g/mol. The van der Waals surface area contributed by atoms with Crippen LogP contribution in [0.3, 0.4) is 0 Å². The van der Waals surface area contributed by atoms with Crippen molar-refractivity contribution in [1.82, 2.24) is 5.32 Å². The summed E-state index contributed by atoms with van der Waals surface area (Å²) in [4.78, 5) is 35.4. The molecule has 0 spiro atoms. The lowest BCUT2D eigenvalue weighted by Crippen LogP contribution is -2.37. The van der Waals surface area contributed by atoms with Crippen molar-refractivity contribution < 1.29 is 32.6 Å². The number of benzene rings is 2. The third kappa shape index (κ3) is 7.16. The van der Waals surface area contributed by atoms with Crippen LogP contribution in [-0.4, -0.2) is 37.0 Å². The van der Waals surface area contributed by atoms with Crippen molar-refractivity contribution >= 4 is 46.7 Å². The van der Waals surface area contributed by atoms with Crippen LogP contribution >= 0.6 is 23.2 Å². The number of esters is 1. The highest BCUT2D eigenvalue weighted by Gasteiger charge is 2.19. The summed E-state index contributed by atoms with van der Waals surface area (Å²) in [6.45, 7) is 0.279. The Kier molecular flexibility index (Phi) is 8.37. The Bertz CT molecular complexity index is 959. The number of anilines is 1. The second kappa shape index (κ2) is 10.7. The molecule has 1 unspecified atom stereocenters. The second-order valence-electron chi connectivity index (χ2n) is 5.90. The van der Waals surface area contributed by atoms with Crippen molar-refractivity contribution in [2.75, 3.05) is 18.5 Å². The zero-order chi connectivity index (χ0) is 22.3. The summed E-state index contributed by atoms with van der Waals surface area (Å²) in [5, 5.41) is 5.09.